The van der Waals surface area contributed by atoms with Crippen LogP contribution in [0.2, 0.25) is 0 Å². The molecule has 0 aliphatic carbocycles. The zero-order valence-corrected chi connectivity index (χ0v) is 10.2. The zero-order valence-electron chi connectivity index (χ0n) is 10.2. The van der Waals surface area contributed by atoms with Gasteiger partial charge in [-0.1, -0.05) is 48.5 Å². The quantitative estimate of drug-likeness (QED) is 0.565. The molecule has 0 saturated carbocycles. The molecule has 0 bridgehead atoms. The van der Waals surface area contributed by atoms with Gasteiger partial charge < -0.3 is 9.47 Å². The maximum atomic E-state index is 5.50. The summed E-state index contributed by atoms with van der Waals surface area (Å²) in [6, 6.07) is 19.8. The Morgan fingerprint density at radius 3 is 2.17 bits per heavy atom. The van der Waals surface area contributed by atoms with E-state index >= 15 is 0 Å². The van der Waals surface area contributed by atoms with Gasteiger partial charge in [0.25, 0.3) is 0 Å². The first-order chi connectivity index (χ1) is 8.95. The summed E-state index contributed by atoms with van der Waals surface area (Å²) in [7, 11) is 0. The van der Waals surface area contributed by atoms with Crippen molar-refractivity contribution in [1.29, 1.82) is 0 Å². The van der Waals surface area contributed by atoms with Crippen molar-refractivity contribution in [2.75, 3.05) is 13.2 Å². The average molecular weight is 240 g/mol. The molecule has 0 saturated heterocycles. The van der Waals surface area contributed by atoms with E-state index < -0.39 is 0 Å². The Bertz CT molecular complexity index is 463. The van der Waals surface area contributed by atoms with Crippen LogP contribution in [0, 0.1) is 0 Å². The van der Waals surface area contributed by atoms with Crippen molar-refractivity contribution in [3.05, 3.63) is 72.5 Å². The number of hydrogen-bond acceptors (Lipinski definition) is 2. The molecule has 0 aliphatic rings. The van der Waals surface area contributed by atoms with Crippen LogP contribution in [-0.2, 0) is 4.74 Å². The lowest BCUT2D eigenvalue weighted by molar-refractivity contribution is 0.180. The monoisotopic (exact) mass is 240 g/mol. The first-order valence-electron chi connectivity index (χ1n) is 5.96. The summed E-state index contributed by atoms with van der Waals surface area (Å²) in [6.07, 6.45) is 3.63. The normalized spacial score (nSPS) is 10.4. The molecule has 0 heterocycles. The summed E-state index contributed by atoms with van der Waals surface area (Å²) in [6.45, 7) is 1.08. The Kier molecular flexibility index (Phi) is 4.88. The molecular formula is C16H16O2. The topological polar surface area (TPSA) is 18.5 Å². The van der Waals surface area contributed by atoms with Gasteiger partial charge in [0, 0.05) is 0 Å². The Morgan fingerprint density at radius 2 is 1.44 bits per heavy atom. The third-order valence-electron chi connectivity index (χ3n) is 2.37. The van der Waals surface area contributed by atoms with Gasteiger partial charge in [0.05, 0.1) is 6.26 Å². The molecule has 2 aromatic carbocycles. The highest BCUT2D eigenvalue weighted by Gasteiger charge is 1.90. The molecule has 0 fully saturated rings. The van der Waals surface area contributed by atoms with E-state index in [9.17, 15) is 0 Å². The second-order valence-electron chi connectivity index (χ2n) is 3.75. The second kappa shape index (κ2) is 7.17. The molecule has 2 nitrogen and oxygen atoms in total. The molecule has 0 N–H and O–H groups in total. The fourth-order valence-electron chi connectivity index (χ4n) is 1.48. The van der Waals surface area contributed by atoms with Crippen molar-refractivity contribution < 1.29 is 9.47 Å². The number of ether oxygens (including phenoxy) is 2. The Hall–Kier alpha value is -2.22. The first-order valence-corrected chi connectivity index (χ1v) is 5.96. The van der Waals surface area contributed by atoms with Crippen LogP contribution in [0.25, 0.3) is 6.08 Å². The number of hydrogen-bond donors (Lipinski definition) is 0. The molecule has 0 aromatic heterocycles. The van der Waals surface area contributed by atoms with Gasteiger partial charge in [0.2, 0.25) is 0 Å². The van der Waals surface area contributed by atoms with Gasteiger partial charge in [0.15, 0.2) is 0 Å². The van der Waals surface area contributed by atoms with Crippen molar-refractivity contribution in [1.82, 2.24) is 0 Å². The van der Waals surface area contributed by atoms with Crippen LogP contribution in [-0.4, -0.2) is 13.2 Å². The summed E-state index contributed by atoms with van der Waals surface area (Å²) >= 11 is 0. The fraction of sp³-hybridized carbons (Fsp3) is 0.125. The molecule has 2 heteroatoms. The third-order valence-corrected chi connectivity index (χ3v) is 2.37. The second-order valence-corrected chi connectivity index (χ2v) is 3.75. The predicted octanol–water partition coefficient (Wildman–Crippen LogP) is 3.75. The summed E-state index contributed by atoms with van der Waals surface area (Å²) in [5.41, 5.74) is 1.13. The first kappa shape index (κ1) is 12.2. The highest BCUT2D eigenvalue weighted by Crippen LogP contribution is 2.07. The zero-order chi connectivity index (χ0) is 12.5. The van der Waals surface area contributed by atoms with Crippen molar-refractivity contribution >= 4 is 6.08 Å². The lowest BCUT2D eigenvalue weighted by Gasteiger charge is -2.05. The van der Waals surface area contributed by atoms with E-state index in [4.69, 9.17) is 9.47 Å². The summed E-state index contributed by atoms with van der Waals surface area (Å²) in [4.78, 5) is 0. The number of rotatable bonds is 6. The van der Waals surface area contributed by atoms with Gasteiger partial charge in [0.1, 0.15) is 19.0 Å². The van der Waals surface area contributed by atoms with Crippen LogP contribution >= 0.6 is 0 Å². The molecular weight excluding hydrogens is 224 g/mol. The molecule has 0 spiro atoms. The maximum Gasteiger partial charge on any atom is 0.122 e. The summed E-state index contributed by atoms with van der Waals surface area (Å²) < 4.78 is 10.9. The lowest BCUT2D eigenvalue weighted by atomic mass is 10.2. The SMILES string of the molecule is C(=Cc1ccccc1)OCCOc1ccccc1. The van der Waals surface area contributed by atoms with E-state index in [1.807, 2.05) is 66.7 Å². The van der Waals surface area contributed by atoms with Gasteiger partial charge in [-0.3, -0.25) is 0 Å². The van der Waals surface area contributed by atoms with Crippen molar-refractivity contribution in [3.8, 4) is 5.75 Å². The lowest BCUT2D eigenvalue weighted by Crippen LogP contribution is -2.03. The van der Waals surface area contributed by atoms with Crippen LogP contribution in [0.15, 0.2) is 66.9 Å². The van der Waals surface area contributed by atoms with Crippen LogP contribution in [0.4, 0.5) is 0 Å². The van der Waals surface area contributed by atoms with Crippen LogP contribution in [0.3, 0.4) is 0 Å². The van der Waals surface area contributed by atoms with Gasteiger partial charge >= 0.3 is 0 Å². The van der Waals surface area contributed by atoms with Gasteiger partial charge in [-0.15, -0.1) is 0 Å². The summed E-state index contributed by atoms with van der Waals surface area (Å²) in [5.74, 6) is 0.869. The predicted molar refractivity (Wildman–Crippen MR) is 73.4 cm³/mol. The van der Waals surface area contributed by atoms with Gasteiger partial charge in [-0.2, -0.15) is 0 Å². The average Bonchev–Trinajstić information content (AvgIpc) is 2.45. The molecule has 2 rings (SSSR count). The Morgan fingerprint density at radius 1 is 0.778 bits per heavy atom. The van der Waals surface area contributed by atoms with E-state index in [2.05, 4.69) is 0 Å². The highest BCUT2D eigenvalue weighted by atomic mass is 16.5. The third kappa shape index (κ3) is 4.34. The molecule has 92 valence electrons. The van der Waals surface area contributed by atoms with E-state index in [0.29, 0.717) is 13.2 Å². The van der Waals surface area contributed by atoms with Crippen LogP contribution in [0.5, 0.6) is 5.75 Å². The molecule has 0 amide bonds. The minimum atomic E-state index is 0.540. The van der Waals surface area contributed by atoms with E-state index in [1.165, 1.54) is 0 Å². The van der Waals surface area contributed by atoms with Crippen LogP contribution < -0.4 is 4.74 Å². The molecule has 0 unspecified atom stereocenters. The van der Waals surface area contributed by atoms with Crippen molar-refractivity contribution in [3.63, 3.8) is 0 Å². The smallest absolute Gasteiger partial charge is 0.122 e. The minimum absolute atomic E-state index is 0.540. The maximum absolute atomic E-state index is 5.50. The molecule has 2 aromatic rings. The number of para-hydroxylation sites is 1. The fourth-order valence-corrected chi connectivity index (χ4v) is 1.48. The highest BCUT2D eigenvalue weighted by molar-refractivity contribution is 5.47. The largest absolute Gasteiger partial charge is 0.498 e. The minimum Gasteiger partial charge on any atom is -0.498 e. The summed E-state index contributed by atoms with van der Waals surface area (Å²) in [5, 5.41) is 0. The van der Waals surface area contributed by atoms with Crippen molar-refractivity contribution in [2.24, 2.45) is 0 Å². The molecule has 18 heavy (non-hydrogen) atoms. The molecule has 0 aliphatic heterocycles. The van der Waals surface area contributed by atoms with Gasteiger partial charge in [-0.25, -0.2) is 0 Å². The van der Waals surface area contributed by atoms with Crippen molar-refractivity contribution in [2.45, 2.75) is 0 Å². The molecule has 0 atom stereocenters. The van der Waals surface area contributed by atoms with Crippen LogP contribution in [0.1, 0.15) is 5.56 Å². The van der Waals surface area contributed by atoms with E-state index in [0.717, 1.165) is 11.3 Å². The van der Waals surface area contributed by atoms with E-state index in [-0.39, 0.29) is 0 Å². The number of benzene rings is 2. The van der Waals surface area contributed by atoms with E-state index in [1.54, 1.807) is 6.26 Å². The Balaban J connectivity index is 1.63. The molecule has 0 radical (unpaired) electrons. The standard InChI is InChI=1S/C16H16O2/c1-3-7-15(8-4-1)11-12-17-13-14-18-16-9-5-2-6-10-16/h1-12H,13-14H2. The Labute approximate surface area is 107 Å². The van der Waals surface area contributed by atoms with Gasteiger partial charge in [-0.05, 0) is 23.8 Å².